The van der Waals surface area contributed by atoms with Gasteiger partial charge in [0.05, 0.1) is 30.1 Å². The molecule has 176 valence electrons. The largest absolute Gasteiger partial charge is 0.497 e. The van der Waals surface area contributed by atoms with Gasteiger partial charge in [0.15, 0.2) is 5.60 Å². The molecule has 3 atom stereocenters. The Bertz CT molecular complexity index is 1140. The fourth-order valence-electron chi connectivity index (χ4n) is 5.86. The Hall–Kier alpha value is -2.71. The standard InChI is InChI=1S/C25H32N4O4/c1-15-13-24(3,4)29-22-20(15)11-19(32-5)12-21(22)25(23(29)31)16(2)10-18(33-25)6-8-28-14-17(7-9-30)26-27-28/h11-14,16,18,30H,6-10H2,1-5H3/t16-,18+,25+/m1/s1. The van der Waals surface area contributed by atoms with Crippen LogP contribution >= 0.6 is 0 Å². The number of allylic oxidation sites excluding steroid dienone is 1. The van der Waals surface area contributed by atoms with Gasteiger partial charge < -0.3 is 14.6 Å². The lowest BCUT2D eigenvalue weighted by Crippen LogP contribution is -2.52. The van der Waals surface area contributed by atoms with E-state index >= 15 is 0 Å². The third-order valence-corrected chi connectivity index (χ3v) is 7.33. The summed E-state index contributed by atoms with van der Waals surface area (Å²) in [5, 5.41) is 17.3. The molecule has 1 N–H and O–H groups in total. The SMILES string of the molecule is COc1cc2c3c(c1)[C@]1(O[C@@H](CCn4cc(CCO)nn4)C[C@H]1C)C(=O)N3C(C)(C)C=C2C. The summed E-state index contributed by atoms with van der Waals surface area (Å²) in [5.74, 6) is 0.777. The van der Waals surface area contributed by atoms with E-state index in [9.17, 15) is 4.79 Å². The predicted molar refractivity (Wildman–Crippen MR) is 124 cm³/mol. The number of ether oxygens (including phenoxy) is 2. The third-order valence-electron chi connectivity index (χ3n) is 7.33. The van der Waals surface area contributed by atoms with Gasteiger partial charge in [-0.05, 0) is 51.3 Å². The van der Waals surface area contributed by atoms with Crippen molar-refractivity contribution in [2.75, 3.05) is 18.6 Å². The quantitative estimate of drug-likeness (QED) is 0.725. The lowest BCUT2D eigenvalue weighted by atomic mass is 9.82. The summed E-state index contributed by atoms with van der Waals surface area (Å²) in [5.41, 5.74) is 3.38. The van der Waals surface area contributed by atoms with E-state index in [2.05, 4.69) is 44.1 Å². The first-order valence-corrected chi connectivity index (χ1v) is 11.7. The highest BCUT2D eigenvalue weighted by Crippen LogP contribution is 2.59. The van der Waals surface area contributed by atoms with Crippen LogP contribution in [-0.2, 0) is 28.1 Å². The maximum atomic E-state index is 14.1. The number of amides is 1. The van der Waals surface area contributed by atoms with Gasteiger partial charge in [-0.3, -0.25) is 14.4 Å². The second kappa shape index (κ2) is 7.67. The Labute approximate surface area is 194 Å². The summed E-state index contributed by atoms with van der Waals surface area (Å²) in [6.45, 7) is 9.07. The summed E-state index contributed by atoms with van der Waals surface area (Å²) >= 11 is 0. The summed E-state index contributed by atoms with van der Waals surface area (Å²) in [6.07, 6.45) is 5.95. The van der Waals surface area contributed by atoms with Gasteiger partial charge in [0.1, 0.15) is 5.75 Å². The first-order chi connectivity index (χ1) is 15.7. The molecule has 1 amide bonds. The number of benzene rings is 1. The normalized spacial score (nSPS) is 27.3. The molecule has 0 saturated carbocycles. The van der Waals surface area contributed by atoms with Crippen LogP contribution in [0.3, 0.4) is 0 Å². The fraction of sp³-hybridized carbons (Fsp3) is 0.560. The van der Waals surface area contributed by atoms with Gasteiger partial charge in [-0.2, -0.15) is 0 Å². The highest BCUT2D eigenvalue weighted by atomic mass is 16.5. The van der Waals surface area contributed by atoms with Crippen molar-refractivity contribution in [3.05, 3.63) is 41.2 Å². The second-order valence-corrected chi connectivity index (χ2v) is 10.0. The highest BCUT2D eigenvalue weighted by molar-refractivity contribution is 6.12. The van der Waals surface area contributed by atoms with Crippen LogP contribution in [0.1, 0.15) is 57.4 Å². The maximum absolute atomic E-state index is 14.1. The van der Waals surface area contributed by atoms with Crippen molar-refractivity contribution in [1.29, 1.82) is 0 Å². The summed E-state index contributed by atoms with van der Waals surface area (Å²) < 4.78 is 14.1. The summed E-state index contributed by atoms with van der Waals surface area (Å²) in [7, 11) is 1.66. The molecular formula is C25H32N4O4. The van der Waals surface area contributed by atoms with Crippen LogP contribution in [0.2, 0.25) is 0 Å². The molecular weight excluding hydrogens is 420 g/mol. The van der Waals surface area contributed by atoms with E-state index in [0.29, 0.717) is 13.0 Å². The molecule has 0 unspecified atom stereocenters. The second-order valence-electron chi connectivity index (χ2n) is 10.0. The Morgan fingerprint density at radius 1 is 1.33 bits per heavy atom. The number of carbonyl (C=O) groups is 1. The van der Waals surface area contributed by atoms with Crippen LogP contribution < -0.4 is 9.64 Å². The van der Waals surface area contributed by atoms with Crippen LogP contribution in [0.5, 0.6) is 5.75 Å². The Morgan fingerprint density at radius 3 is 2.85 bits per heavy atom. The number of aryl methyl sites for hydroxylation is 1. The number of rotatable bonds is 6. The van der Waals surface area contributed by atoms with Crippen molar-refractivity contribution in [3.63, 3.8) is 0 Å². The average molecular weight is 453 g/mol. The molecule has 8 nitrogen and oxygen atoms in total. The molecule has 1 saturated heterocycles. The minimum atomic E-state index is -1.01. The van der Waals surface area contributed by atoms with Crippen LogP contribution in [0.25, 0.3) is 5.57 Å². The third kappa shape index (κ3) is 3.22. The van der Waals surface area contributed by atoms with Crippen molar-refractivity contribution >= 4 is 17.2 Å². The minimum Gasteiger partial charge on any atom is -0.497 e. The number of carbonyl (C=O) groups excluding carboxylic acids is 1. The highest BCUT2D eigenvalue weighted by Gasteiger charge is 2.63. The van der Waals surface area contributed by atoms with Crippen molar-refractivity contribution in [1.82, 2.24) is 15.0 Å². The van der Waals surface area contributed by atoms with E-state index < -0.39 is 11.1 Å². The van der Waals surface area contributed by atoms with Crippen molar-refractivity contribution in [2.24, 2.45) is 5.92 Å². The molecule has 0 aliphatic carbocycles. The zero-order valence-corrected chi connectivity index (χ0v) is 20.0. The summed E-state index contributed by atoms with van der Waals surface area (Å²) in [6, 6.07) is 4.01. The molecule has 1 aromatic carbocycles. The minimum absolute atomic E-state index is 0.0155. The van der Waals surface area contributed by atoms with Gasteiger partial charge >= 0.3 is 0 Å². The predicted octanol–water partition coefficient (Wildman–Crippen LogP) is 3.07. The van der Waals surface area contributed by atoms with Gasteiger partial charge in [0.2, 0.25) is 0 Å². The molecule has 4 heterocycles. The van der Waals surface area contributed by atoms with Gasteiger partial charge in [-0.15, -0.1) is 5.10 Å². The Kier molecular flexibility index (Phi) is 5.14. The molecule has 5 rings (SSSR count). The van der Waals surface area contributed by atoms with Crippen LogP contribution in [0.4, 0.5) is 5.69 Å². The van der Waals surface area contributed by atoms with Crippen LogP contribution in [-0.4, -0.2) is 51.4 Å². The van der Waals surface area contributed by atoms with Crippen LogP contribution in [0, 0.1) is 5.92 Å². The first kappa shape index (κ1) is 22.1. The molecule has 0 bridgehead atoms. The average Bonchev–Trinajstić information content (AvgIpc) is 3.42. The van der Waals surface area contributed by atoms with Crippen molar-refractivity contribution in [2.45, 2.75) is 70.7 Å². The number of fused-ring (bicyclic) bond motifs is 1. The van der Waals surface area contributed by atoms with E-state index in [1.54, 1.807) is 11.8 Å². The first-order valence-electron chi connectivity index (χ1n) is 11.7. The number of aliphatic hydroxyl groups is 1. The molecule has 33 heavy (non-hydrogen) atoms. The molecule has 0 radical (unpaired) electrons. The van der Waals surface area contributed by atoms with Gasteiger partial charge in [0, 0.05) is 42.8 Å². The van der Waals surface area contributed by atoms with E-state index in [4.69, 9.17) is 14.6 Å². The smallest absolute Gasteiger partial charge is 0.265 e. The van der Waals surface area contributed by atoms with Gasteiger partial charge in [-0.1, -0.05) is 18.2 Å². The molecule has 3 aliphatic rings. The zero-order valence-electron chi connectivity index (χ0n) is 20.0. The molecule has 1 fully saturated rings. The number of nitrogens with zero attached hydrogens (tertiary/aromatic N) is 4. The van der Waals surface area contributed by atoms with E-state index in [0.717, 1.165) is 46.7 Å². The summed E-state index contributed by atoms with van der Waals surface area (Å²) in [4.78, 5) is 16.0. The molecule has 1 aromatic heterocycles. The van der Waals surface area contributed by atoms with Crippen LogP contribution in [0.15, 0.2) is 24.4 Å². The zero-order chi connectivity index (χ0) is 23.5. The number of aliphatic hydroxyl groups excluding tert-OH is 1. The topological polar surface area (TPSA) is 89.7 Å². The molecule has 2 aromatic rings. The fourth-order valence-corrected chi connectivity index (χ4v) is 5.86. The number of hydrogen-bond donors (Lipinski definition) is 1. The number of anilines is 1. The lowest BCUT2D eigenvalue weighted by molar-refractivity contribution is -0.146. The number of aromatic nitrogens is 3. The van der Waals surface area contributed by atoms with Gasteiger partial charge in [0.25, 0.3) is 5.91 Å². The van der Waals surface area contributed by atoms with Crippen molar-refractivity contribution in [3.8, 4) is 5.75 Å². The lowest BCUT2D eigenvalue weighted by Gasteiger charge is -2.39. The van der Waals surface area contributed by atoms with E-state index in [-0.39, 0.29) is 24.5 Å². The molecule has 8 heteroatoms. The van der Waals surface area contributed by atoms with E-state index in [1.807, 2.05) is 23.2 Å². The number of hydrogen-bond acceptors (Lipinski definition) is 6. The Balaban J connectivity index is 1.48. The van der Waals surface area contributed by atoms with E-state index in [1.165, 1.54) is 0 Å². The maximum Gasteiger partial charge on any atom is 0.265 e. The van der Waals surface area contributed by atoms with Crippen molar-refractivity contribution < 1.29 is 19.4 Å². The Morgan fingerprint density at radius 2 is 2.12 bits per heavy atom. The molecule has 3 aliphatic heterocycles. The monoisotopic (exact) mass is 452 g/mol. The van der Waals surface area contributed by atoms with Gasteiger partial charge in [-0.25, -0.2) is 0 Å². The molecule has 1 spiro atoms. The number of methoxy groups -OCH3 is 1.